The van der Waals surface area contributed by atoms with Crippen molar-refractivity contribution < 1.29 is 19.4 Å². The first kappa shape index (κ1) is 19.2. The Morgan fingerprint density at radius 2 is 1.59 bits per heavy atom. The number of esters is 1. The highest BCUT2D eigenvalue weighted by molar-refractivity contribution is 5.92. The number of aromatic carboxylic acids is 1. The Kier molecular flexibility index (Phi) is 5.09. The topological polar surface area (TPSA) is 63.6 Å². The maximum absolute atomic E-state index is 12.7. The highest BCUT2D eigenvalue weighted by Gasteiger charge is 2.43. The van der Waals surface area contributed by atoms with Gasteiger partial charge >= 0.3 is 11.9 Å². The number of carboxylic acid groups (broad SMARTS) is 1. The number of benzene rings is 2. The van der Waals surface area contributed by atoms with Gasteiger partial charge < -0.3 is 9.84 Å². The zero-order valence-electron chi connectivity index (χ0n) is 16.2. The molecular formula is C23H26O4. The minimum absolute atomic E-state index is 0.0969. The van der Waals surface area contributed by atoms with Crippen molar-refractivity contribution in [2.45, 2.75) is 45.6 Å². The van der Waals surface area contributed by atoms with E-state index in [4.69, 9.17) is 9.84 Å². The Bertz CT molecular complexity index is 851. The summed E-state index contributed by atoms with van der Waals surface area (Å²) in [6, 6.07) is 14.2. The Morgan fingerprint density at radius 3 is 2.22 bits per heavy atom. The fourth-order valence-electron chi connectivity index (χ4n) is 4.29. The van der Waals surface area contributed by atoms with Crippen LogP contribution < -0.4 is 0 Å². The van der Waals surface area contributed by atoms with E-state index >= 15 is 0 Å². The van der Waals surface area contributed by atoms with E-state index in [-0.39, 0.29) is 11.5 Å². The first-order chi connectivity index (χ1) is 12.7. The second kappa shape index (κ2) is 7.18. The SMILES string of the molecule is CC1Cc2ccccc2C(C(C)(C)OC(=O)c2ccc(C(=O)O)cc2)C1C. The number of hydrogen-bond acceptors (Lipinski definition) is 3. The smallest absolute Gasteiger partial charge is 0.338 e. The van der Waals surface area contributed by atoms with Gasteiger partial charge in [0, 0.05) is 5.92 Å². The molecule has 2 aromatic carbocycles. The van der Waals surface area contributed by atoms with Gasteiger partial charge in [0.25, 0.3) is 0 Å². The normalized spacial score (nSPS) is 22.0. The summed E-state index contributed by atoms with van der Waals surface area (Å²) in [4.78, 5) is 23.7. The molecule has 3 unspecified atom stereocenters. The Labute approximate surface area is 160 Å². The molecule has 1 N–H and O–H groups in total. The van der Waals surface area contributed by atoms with E-state index in [9.17, 15) is 9.59 Å². The quantitative estimate of drug-likeness (QED) is 0.779. The first-order valence-electron chi connectivity index (χ1n) is 9.35. The van der Waals surface area contributed by atoms with Gasteiger partial charge in [-0.3, -0.25) is 0 Å². The van der Waals surface area contributed by atoms with E-state index in [2.05, 4.69) is 32.0 Å². The lowest BCUT2D eigenvalue weighted by Crippen LogP contribution is -2.43. The third-order valence-corrected chi connectivity index (χ3v) is 5.83. The standard InChI is InChI=1S/C23H26O4/c1-14-13-18-7-5-6-8-19(18)20(15(14)2)23(3,4)27-22(26)17-11-9-16(10-12-17)21(24)25/h5-12,14-15,20H,13H2,1-4H3,(H,24,25). The fourth-order valence-corrected chi connectivity index (χ4v) is 4.29. The predicted octanol–water partition coefficient (Wildman–Crippen LogP) is 4.93. The van der Waals surface area contributed by atoms with E-state index in [0.717, 1.165) is 6.42 Å². The molecule has 2 aromatic rings. The van der Waals surface area contributed by atoms with Crippen LogP contribution in [0.5, 0.6) is 0 Å². The van der Waals surface area contributed by atoms with Crippen molar-refractivity contribution in [2.24, 2.45) is 11.8 Å². The Morgan fingerprint density at radius 1 is 1.00 bits per heavy atom. The molecule has 1 aliphatic rings. The van der Waals surface area contributed by atoms with E-state index in [1.54, 1.807) is 0 Å². The maximum Gasteiger partial charge on any atom is 0.338 e. The van der Waals surface area contributed by atoms with Crippen molar-refractivity contribution in [3.8, 4) is 0 Å². The van der Waals surface area contributed by atoms with Crippen LogP contribution in [0.15, 0.2) is 48.5 Å². The van der Waals surface area contributed by atoms with Gasteiger partial charge in [-0.15, -0.1) is 0 Å². The van der Waals surface area contributed by atoms with Crippen LogP contribution in [0.4, 0.5) is 0 Å². The molecule has 27 heavy (non-hydrogen) atoms. The van der Waals surface area contributed by atoms with Crippen LogP contribution in [0.25, 0.3) is 0 Å². The summed E-state index contributed by atoms with van der Waals surface area (Å²) in [5, 5.41) is 9.00. The molecule has 0 fully saturated rings. The molecule has 3 rings (SSSR count). The van der Waals surface area contributed by atoms with E-state index in [0.29, 0.717) is 17.4 Å². The molecule has 142 valence electrons. The monoisotopic (exact) mass is 366 g/mol. The lowest BCUT2D eigenvalue weighted by molar-refractivity contribution is -0.0289. The van der Waals surface area contributed by atoms with Gasteiger partial charge in [-0.05, 0) is 67.5 Å². The van der Waals surface area contributed by atoms with Crippen LogP contribution in [0.2, 0.25) is 0 Å². The van der Waals surface area contributed by atoms with Crippen LogP contribution in [-0.4, -0.2) is 22.6 Å². The average Bonchev–Trinajstić information content (AvgIpc) is 2.62. The van der Waals surface area contributed by atoms with Crippen molar-refractivity contribution in [1.82, 2.24) is 0 Å². The summed E-state index contributed by atoms with van der Waals surface area (Å²) in [5.41, 5.74) is 2.39. The van der Waals surface area contributed by atoms with Crippen LogP contribution in [-0.2, 0) is 11.2 Å². The molecule has 0 radical (unpaired) electrons. The van der Waals surface area contributed by atoms with Gasteiger partial charge in [0.15, 0.2) is 0 Å². The molecule has 0 heterocycles. The summed E-state index contributed by atoms with van der Waals surface area (Å²) in [6.07, 6.45) is 1.04. The maximum atomic E-state index is 12.7. The van der Waals surface area contributed by atoms with Gasteiger partial charge in [0.1, 0.15) is 5.60 Å². The van der Waals surface area contributed by atoms with Crippen LogP contribution in [0, 0.1) is 11.8 Å². The van der Waals surface area contributed by atoms with Gasteiger partial charge in [-0.25, -0.2) is 9.59 Å². The average molecular weight is 366 g/mol. The molecule has 0 amide bonds. The number of carboxylic acids is 1. The second-order valence-electron chi connectivity index (χ2n) is 8.09. The van der Waals surface area contributed by atoms with Crippen molar-refractivity contribution in [3.05, 3.63) is 70.8 Å². The minimum atomic E-state index is -1.02. The van der Waals surface area contributed by atoms with Gasteiger partial charge in [0.2, 0.25) is 0 Å². The summed E-state index contributed by atoms with van der Waals surface area (Å²) >= 11 is 0. The van der Waals surface area contributed by atoms with Crippen molar-refractivity contribution in [1.29, 1.82) is 0 Å². The Balaban J connectivity index is 1.87. The summed E-state index contributed by atoms with van der Waals surface area (Å²) in [6.45, 7) is 8.40. The minimum Gasteiger partial charge on any atom is -0.478 e. The van der Waals surface area contributed by atoms with E-state index < -0.39 is 17.5 Å². The fraction of sp³-hybridized carbons (Fsp3) is 0.391. The second-order valence-corrected chi connectivity index (χ2v) is 8.09. The highest BCUT2D eigenvalue weighted by Crippen LogP contribution is 2.46. The lowest BCUT2D eigenvalue weighted by Gasteiger charge is -2.44. The first-order valence-corrected chi connectivity index (χ1v) is 9.35. The number of fused-ring (bicyclic) bond motifs is 1. The van der Waals surface area contributed by atoms with E-state index in [1.807, 2.05) is 19.9 Å². The molecule has 0 bridgehead atoms. The van der Waals surface area contributed by atoms with Crippen LogP contribution >= 0.6 is 0 Å². The third kappa shape index (κ3) is 3.75. The largest absolute Gasteiger partial charge is 0.478 e. The van der Waals surface area contributed by atoms with E-state index in [1.165, 1.54) is 35.4 Å². The van der Waals surface area contributed by atoms with Gasteiger partial charge in [0.05, 0.1) is 11.1 Å². The van der Waals surface area contributed by atoms with Crippen molar-refractivity contribution in [2.75, 3.05) is 0 Å². The molecular weight excluding hydrogens is 340 g/mol. The van der Waals surface area contributed by atoms with Crippen molar-refractivity contribution in [3.63, 3.8) is 0 Å². The van der Waals surface area contributed by atoms with Gasteiger partial charge in [-0.1, -0.05) is 38.1 Å². The molecule has 0 saturated heterocycles. The van der Waals surface area contributed by atoms with Crippen LogP contribution in [0.3, 0.4) is 0 Å². The molecule has 0 aromatic heterocycles. The van der Waals surface area contributed by atoms with Crippen molar-refractivity contribution >= 4 is 11.9 Å². The number of ether oxygens (including phenoxy) is 1. The molecule has 0 spiro atoms. The molecule has 0 saturated carbocycles. The number of carbonyl (C=O) groups is 2. The number of rotatable bonds is 4. The predicted molar refractivity (Wildman–Crippen MR) is 104 cm³/mol. The van der Waals surface area contributed by atoms with Crippen LogP contribution in [0.1, 0.15) is 65.5 Å². The summed E-state index contributed by atoms with van der Waals surface area (Å²) in [5.74, 6) is -0.480. The Hall–Kier alpha value is -2.62. The molecule has 4 heteroatoms. The molecule has 4 nitrogen and oxygen atoms in total. The highest BCUT2D eigenvalue weighted by atomic mass is 16.6. The third-order valence-electron chi connectivity index (χ3n) is 5.83. The summed E-state index contributed by atoms with van der Waals surface area (Å²) < 4.78 is 5.95. The molecule has 0 aliphatic heterocycles. The zero-order valence-corrected chi connectivity index (χ0v) is 16.2. The molecule has 1 aliphatic carbocycles. The molecule has 3 atom stereocenters. The lowest BCUT2D eigenvalue weighted by atomic mass is 9.65. The zero-order chi connectivity index (χ0) is 19.8. The number of hydrogen-bond donors (Lipinski definition) is 1. The summed E-state index contributed by atoms with van der Waals surface area (Å²) in [7, 11) is 0. The number of carbonyl (C=O) groups excluding carboxylic acids is 1. The van der Waals surface area contributed by atoms with Gasteiger partial charge in [-0.2, -0.15) is 0 Å².